The van der Waals surface area contributed by atoms with Gasteiger partial charge in [-0.15, -0.1) is 0 Å². The molecule has 162 valence electrons. The molecule has 4 aromatic carbocycles. The minimum atomic E-state index is -2.59. The number of para-hydroxylation sites is 1. The zero-order chi connectivity index (χ0) is 22.8. The van der Waals surface area contributed by atoms with Gasteiger partial charge in [0.2, 0.25) is 0 Å². The number of hydrogen-bond donors (Lipinski definition) is 0. The van der Waals surface area contributed by atoms with E-state index in [0.717, 1.165) is 39.1 Å². The second-order valence-electron chi connectivity index (χ2n) is 8.18. The second kappa shape index (κ2) is 8.94. The first kappa shape index (κ1) is 21.6. The number of aryl methyl sites for hydroxylation is 1. The molecular formula is C29H25N2PS. The van der Waals surface area contributed by atoms with E-state index in [0.29, 0.717) is 0 Å². The van der Waals surface area contributed by atoms with E-state index < -0.39 is 6.34 Å². The summed E-state index contributed by atoms with van der Waals surface area (Å²) in [5.74, 6) is 0. The fourth-order valence-corrected chi connectivity index (χ4v) is 7.89. The molecule has 1 aliphatic heterocycles. The largest absolute Gasteiger partial charge is 0.291 e. The van der Waals surface area contributed by atoms with Crippen molar-refractivity contribution >= 4 is 40.5 Å². The van der Waals surface area contributed by atoms with Crippen LogP contribution in [0.25, 0.3) is 5.70 Å². The molecule has 0 radical (unpaired) electrons. The van der Waals surface area contributed by atoms with E-state index >= 15 is 0 Å². The lowest BCUT2D eigenvalue weighted by Gasteiger charge is -2.41. The Balaban J connectivity index is 1.85. The predicted octanol–water partition coefficient (Wildman–Crippen LogP) is 7.37. The maximum atomic E-state index is 6.57. The van der Waals surface area contributed by atoms with Crippen molar-refractivity contribution in [3.8, 4) is 0 Å². The molecule has 0 aromatic heterocycles. The van der Waals surface area contributed by atoms with Crippen LogP contribution in [0.15, 0.2) is 126 Å². The van der Waals surface area contributed by atoms with Gasteiger partial charge in [-0.3, -0.25) is 4.67 Å². The number of hydrogen-bond acceptors (Lipinski definition) is 1. The van der Waals surface area contributed by atoms with Gasteiger partial charge in [0.25, 0.3) is 0 Å². The molecule has 0 spiro atoms. The lowest BCUT2D eigenvalue weighted by atomic mass is 9.97. The molecular weight excluding hydrogens is 439 g/mol. The van der Waals surface area contributed by atoms with Crippen molar-refractivity contribution in [3.63, 3.8) is 0 Å². The Hall–Kier alpha value is -3.26. The van der Waals surface area contributed by atoms with Crippen molar-refractivity contribution in [1.82, 2.24) is 0 Å². The molecule has 4 heteroatoms. The zero-order valence-electron chi connectivity index (χ0n) is 18.7. The maximum absolute atomic E-state index is 6.57. The molecule has 0 N–H and O–H groups in total. The quantitative estimate of drug-likeness (QED) is 0.293. The van der Waals surface area contributed by atoms with Crippen molar-refractivity contribution in [1.29, 1.82) is 0 Å². The predicted molar refractivity (Wildman–Crippen MR) is 146 cm³/mol. The van der Waals surface area contributed by atoms with Gasteiger partial charge in [-0.2, -0.15) is 0 Å². The van der Waals surface area contributed by atoms with E-state index in [-0.39, 0.29) is 0 Å². The highest BCUT2D eigenvalue weighted by atomic mass is 32.4. The fraction of sp³-hybridized carbons (Fsp3) is 0.0690. The average molecular weight is 465 g/mol. The molecule has 1 atom stereocenters. The summed E-state index contributed by atoms with van der Waals surface area (Å²) in [7, 11) is 0. The minimum Gasteiger partial charge on any atom is -0.291 e. The molecule has 0 saturated carbocycles. The Morgan fingerprint density at radius 1 is 0.636 bits per heavy atom. The summed E-state index contributed by atoms with van der Waals surface area (Å²) in [5.41, 5.74) is 7.77. The molecule has 33 heavy (non-hydrogen) atoms. The van der Waals surface area contributed by atoms with E-state index in [9.17, 15) is 0 Å². The molecule has 0 bridgehead atoms. The van der Waals surface area contributed by atoms with E-state index in [1.807, 2.05) is 12.1 Å². The van der Waals surface area contributed by atoms with Crippen LogP contribution in [-0.4, -0.2) is 5.71 Å². The normalized spacial score (nSPS) is 18.2. The Bertz CT molecular complexity index is 1380. The van der Waals surface area contributed by atoms with Crippen molar-refractivity contribution in [2.75, 3.05) is 4.67 Å². The summed E-state index contributed by atoms with van der Waals surface area (Å²) >= 11 is 6.57. The van der Waals surface area contributed by atoms with Crippen LogP contribution in [-0.2, 0) is 11.8 Å². The van der Waals surface area contributed by atoms with Gasteiger partial charge in [-0.25, -0.2) is 4.76 Å². The maximum Gasteiger partial charge on any atom is 0.176 e. The highest BCUT2D eigenvalue weighted by Gasteiger charge is 2.37. The van der Waals surface area contributed by atoms with Gasteiger partial charge in [0.15, 0.2) is 6.34 Å². The second-order valence-corrected chi connectivity index (χ2v) is 11.9. The Kier molecular flexibility index (Phi) is 5.85. The molecule has 1 aliphatic rings. The van der Waals surface area contributed by atoms with Gasteiger partial charge >= 0.3 is 0 Å². The third kappa shape index (κ3) is 3.99. The number of nitrogens with zero attached hydrogens (tertiary/aromatic N) is 2. The number of allylic oxidation sites excluding steroid dienone is 1. The number of anilines is 1. The monoisotopic (exact) mass is 464 g/mol. The van der Waals surface area contributed by atoms with Crippen LogP contribution in [0.2, 0.25) is 0 Å². The molecule has 2 nitrogen and oxygen atoms in total. The van der Waals surface area contributed by atoms with Gasteiger partial charge in [0.05, 0.1) is 11.4 Å². The lowest BCUT2D eigenvalue weighted by molar-refractivity contribution is 1.34. The average Bonchev–Trinajstić information content (AvgIpc) is 2.87. The molecule has 5 rings (SSSR count). The highest BCUT2D eigenvalue weighted by molar-refractivity contribution is 8.18. The fourth-order valence-electron chi connectivity index (χ4n) is 4.23. The van der Waals surface area contributed by atoms with E-state index in [1.165, 1.54) is 5.56 Å². The number of benzene rings is 4. The molecule has 1 unspecified atom stereocenters. The van der Waals surface area contributed by atoms with Gasteiger partial charge < -0.3 is 0 Å². The van der Waals surface area contributed by atoms with Gasteiger partial charge in [-0.05, 0) is 48.9 Å². The highest BCUT2D eigenvalue weighted by Crippen LogP contribution is 2.60. The Labute approximate surface area is 201 Å². The Morgan fingerprint density at radius 3 is 1.79 bits per heavy atom. The molecule has 0 fully saturated rings. The van der Waals surface area contributed by atoms with Crippen LogP contribution < -0.4 is 9.97 Å². The zero-order valence-corrected chi connectivity index (χ0v) is 20.4. The SMILES string of the molecule is CC1=C(c2ccccc2)N(c2ccccc2)P(=S)(c2ccccc2)N=C1c1ccc(C)cc1. The van der Waals surface area contributed by atoms with E-state index in [1.54, 1.807) is 0 Å². The topological polar surface area (TPSA) is 15.6 Å². The van der Waals surface area contributed by atoms with Gasteiger partial charge in [-0.1, -0.05) is 109 Å². The van der Waals surface area contributed by atoms with Crippen LogP contribution in [0.5, 0.6) is 0 Å². The van der Waals surface area contributed by atoms with Crippen molar-refractivity contribution in [3.05, 3.63) is 138 Å². The molecule has 0 saturated heterocycles. The molecule has 4 aromatic rings. The summed E-state index contributed by atoms with van der Waals surface area (Å²) in [6.07, 6.45) is -2.59. The van der Waals surface area contributed by atoms with E-state index in [4.69, 9.17) is 16.6 Å². The summed E-state index contributed by atoms with van der Waals surface area (Å²) in [6, 6.07) is 40.0. The third-order valence-electron chi connectivity index (χ3n) is 5.89. The molecule has 1 heterocycles. The molecule has 0 aliphatic carbocycles. The number of rotatable bonds is 4. The van der Waals surface area contributed by atoms with Crippen molar-refractivity contribution in [2.24, 2.45) is 4.76 Å². The van der Waals surface area contributed by atoms with Crippen molar-refractivity contribution in [2.45, 2.75) is 13.8 Å². The van der Waals surface area contributed by atoms with Gasteiger partial charge in [0.1, 0.15) is 0 Å². The summed E-state index contributed by atoms with van der Waals surface area (Å²) in [4.78, 5) is 0. The first-order valence-corrected chi connectivity index (χ1v) is 13.7. The van der Waals surface area contributed by atoms with Crippen molar-refractivity contribution < 1.29 is 0 Å². The summed E-state index contributed by atoms with van der Waals surface area (Å²) < 4.78 is 7.73. The van der Waals surface area contributed by atoms with Crippen LogP contribution in [0.4, 0.5) is 5.69 Å². The molecule has 0 amide bonds. The minimum absolute atomic E-state index is 0.980. The van der Waals surface area contributed by atoms with Crippen LogP contribution in [0.3, 0.4) is 0 Å². The first-order chi connectivity index (χ1) is 16.1. The van der Waals surface area contributed by atoms with E-state index in [2.05, 4.69) is 122 Å². The lowest BCUT2D eigenvalue weighted by Crippen LogP contribution is -2.30. The standard InChI is InChI=1S/C29H25N2PS/c1-22-18-20-24(21-19-22)28-23(2)29(25-12-6-3-7-13-25)31(26-14-8-4-9-15-26)32(33,30-28)27-16-10-5-11-17-27/h3-21H,1-2H3. The van der Waals surface area contributed by atoms with Gasteiger partial charge in [0, 0.05) is 16.6 Å². The van der Waals surface area contributed by atoms with Crippen LogP contribution in [0, 0.1) is 6.92 Å². The van der Waals surface area contributed by atoms with Crippen LogP contribution >= 0.6 is 6.34 Å². The Morgan fingerprint density at radius 2 is 1.18 bits per heavy atom. The summed E-state index contributed by atoms with van der Waals surface area (Å²) in [6.45, 7) is 4.27. The summed E-state index contributed by atoms with van der Waals surface area (Å²) in [5, 5.41) is 1.08. The van der Waals surface area contributed by atoms with Crippen LogP contribution in [0.1, 0.15) is 23.6 Å². The smallest absolute Gasteiger partial charge is 0.176 e. The third-order valence-corrected chi connectivity index (χ3v) is 9.68. The first-order valence-electron chi connectivity index (χ1n) is 11.0.